The summed E-state index contributed by atoms with van der Waals surface area (Å²) < 4.78 is 0. The fourth-order valence-corrected chi connectivity index (χ4v) is 3.15. The van der Waals surface area contributed by atoms with Crippen LogP contribution in [-0.2, 0) is 10.8 Å². The van der Waals surface area contributed by atoms with Crippen LogP contribution in [0.3, 0.4) is 0 Å². The van der Waals surface area contributed by atoms with Crippen LogP contribution in [0.5, 0.6) is 5.75 Å². The minimum Gasteiger partial charge on any atom is -0.507 e. The van der Waals surface area contributed by atoms with E-state index in [4.69, 9.17) is 0 Å². The summed E-state index contributed by atoms with van der Waals surface area (Å²) in [5.41, 5.74) is 1.44. The van der Waals surface area contributed by atoms with Crippen LogP contribution < -0.4 is 5.56 Å². The van der Waals surface area contributed by atoms with Gasteiger partial charge in [-0.25, -0.2) is 4.98 Å². The first kappa shape index (κ1) is 20.1. The number of H-pyrrole nitrogens is 1. The van der Waals surface area contributed by atoms with E-state index < -0.39 is 5.56 Å². The van der Waals surface area contributed by atoms with Crippen molar-refractivity contribution in [2.75, 3.05) is 6.26 Å². The molecule has 0 aliphatic heterocycles. The lowest BCUT2D eigenvalue weighted by molar-refractivity contribution is 0.423. The Bertz CT molecular complexity index is 906. The van der Waals surface area contributed by atoms with E-state index in [9.17, 15) is 15.2 Å². The number of phenols is 1. The molecule has 1 aromatic heterocycles. The number of aromatic hydroxyl groups is 1. The first-order valence-electron chi connectivity index (χ1n) is 8.37. The standard InChI is InChI=1S/C20H25N3O2S/c1-19(2,3)13-8-11(9-14(16(13)24)20(4,5)6)15-12(10-21)17(25)23-18(22-15)26-7/h8-9,24H,1-7H3,(H,22,23,25). The highest BCUT2D eigenvalue weighted by atomic mass is 32.2. The summed E-state index contributed by atoms with van der Waals surface area (Å²) in [7, 11) is 0. The quantitative estimate of drug-likeness (QED) is 0.606. The van der Waals surface area contributed by atoms with Gasteiger partial charge in [0.1, 0.15) is 17.4 Å². The third-order valence-corrected chi connectivity index (χ3v) is 4.78. The zero-order valence-electron chi connectivity index (χ0n) is 16.3. The van der Waals surface area contributed by atoms with Crippen molar-refractivity contribution in [3.8, 4) is 23.1 Å². The minimum absolute atomic E-state index is 0.0202. The van der Waals surface area contributed by atoms with Gasteiger partial charge in [0.25, 0.3) is 5.56 Å². The molecule has 1 heterocycles. The Morgan fingerprint density at radius 3 is 2.00 bits per heavy atom. The van der Waals surface area contributed by atoms with Crippen LogP contribution in [0.2, 0.25) is 0 Å². The van der Waals surface area contributed by atoms with Crippen LogP contribution in [0, 0.1) is 11.3 Å². The van der Waals surface area contributed by atoms with E-state index in [0.29, 0.717) is 16.4 Å². The van der Waals surface area contributed by atoms with Gasteiger partial charge in [-0.1, -0.05) is 53.3 Å². The van der Waals surface area contributed by atoms with Gasteiger partial charge in [0, 0.05) is 16.7 Å². The number of thioether (sulfide) groups is 1. The van der Waals surface area contributed by atoms with E-state index in [2.05, 4.69) is 9.97 Å². The number of hydrogen-bond donors (Lipinski definition) is 2. The Labute approximate surface area is 158 Å². The zero-order valence-corrected chi connectivity index (χ0v) is 17.1. The van der Waals surface area contributed by atoms with Crippen molar-refractivity contribution in [1.29, 1.82) is 5.26 Å². The van der Waals surface area contributed by atoms with E-state index in [1.54, 1.807) is 0 Å². The SMILES string of the molecule is CSc1nc(-c2cc(C(C)(C)C)c(O)c(C(C)(C)C)c2)c(C#N)c(=O)[nH]1. The molecule has 2 N–H and O–H groups in total. The summed E-state index contributed by atoms with van der Waals surface area (Å²) in [6.07, 6.45) is 1.81. The second-order valence-electron chi connectivity index (χ2n) is 8.33. The molecule has 0 amide bonds. The second kappa shape index (κ2) is 6.81. The lowest BCUT2D eigenvalue weighted by atomic mass is 9.78. The van der Waals surface area contributed by atoms with Gasteiger partial charge >= 0.3 is 0 Å². The number of benzene rings is 1. The normalized spacial score (nSPS) is 12.1. The number of hydrogen-bond acceptors (Lipinski definition) is 5. The topological polar surface area (TPSA) is 89.8 Å². The second-order valence-corrected chi connectivity index (χ2v) is 9.13. The molecule has 6 heteroatoms. The highest BCUT2D eigenvalue weighted by Crippen LogP contribution is 2.42. The summed E-state index contributed by atoms with van der Waals surface area (Å²) in [4.78, 5) is 19.4. The van der Waals surface area contributed by atoms with Gasteiger partial charge in [0.15, 0.2) is 5.16 Å². The average molecular weight is 372 g/mol. The highest BCUT2D eigenvalue weighted by molar-refractivity contribution is 7.98. The number of rotatable bonds is 2. The summed E-state index contributed by atoms with van der Waals surface area (Å²) in [5.74, 6) is 0.252. The molecule has 2 rings (SSSR count). The molecule has 0 saturated heterocycles. The maximum atomic E-state index is 12.3. The molecular weight excluding hydrogens is 346 g/mol. The molecule has 0 fully saturated rings. The molecule has 0 aliphatic rings. The van der Waals surface area contributed by atoms with Gasteiger partial charge < -0.3 is 10.1 Å². The van der Waals surface area contributed by atoms with Gasteiger partial charge in [-0.05, 0) is 29.2 Å². The van der Waals surface area contributed by atoms with Gasteiger partial charge in [-0.15, -0.1) is 0 Å². The number of phenolic OH excluding ortho intramolecular Hbond substituents is 1. The highest BCUT2D eigenvalue weighted by Gasteiger charge is 2.28. The van der Waals surface area contributed by atoms with Gasteiger partial charge in [-0.2, -0.15) is 5.26 Å². The Morgan fingerprint density at radius 2 is 1.62 bits per heavy atom. The third kappa shape index (κ3) is 3.78. The molecular formula is C20H25N3O2S. The summed E-state index contributed by atoms with van der Waals surface area (Å²) in [6, 6.07) is 5.63. The summed E-state index contributed by atoms with van der Waals surface area (Å²) in [5, 5.41) is 20.8. The zero-order chi connectivity index (χ0) is 19.9. The predicted molar refractivity (Wildman–Crippen MR) is 106 cm³/mol. The number of nitrogens with one attached hydrogen (secondary N) is 1. The van der Waals surface area contributed by atoms with Crippen molar-refractivity contribution < 1.29 is 5.11 Å². The molecule has 2 aromatic rings. The number of aromatic nitrogens is 2. The molecule has 0 atom stereocenters. The van der Waals surface area contributed by atoms with E-state index in [1.807, 2.05) is 66.0 Å². The molecule has 26 heavy (non-hydrogen) atoms. The molecule has 0 spiro atoms. The third-order valence-electron chi connectivity index (χ3n) is 4.20. The number of nitrogens with zero attached hydrogens (tertiary/aromatic N) is 2. The Balaban J connectivity index is 2.94. The first-order chi connectivity index (χ1) is 11.9. The monoisotopic (exact) mass is 371 g/mol. The predicted octanol–water partition coefficient (Wildman–Crippen LogP) is 4.33. The molecule has 138 valence electrons. The molecule has 1 aromatic carbocycles. The molecule has 0 bridgehead atoms. The summed E-state index contributed by atoms with van der Waals surface area (Å²) >= 11 is 1.31. The summed E-state index contributed by atoms with van der Waals surface area (Å²) in [6.45, 7) is 12.1. The van der Waals surface area contributed by atoms with Gasteiger partial charge in [-0.3, -0.25) is 4.79 Å². The Morgan fingerprint density at radius 1 is 1.12 bits per heavy atom. The van der Waals surface area contributed by atoms with E-state index >= 15 is 0 Å². The molecule has 0 unspecified atom stereocenters. The van der Waals surface area contributed by atoms with E-state index in [0.717, 1.165) is 11.1 Å². The molecule has 0 radical (unpaired) electrons. The fraction of sp³-hybridized carbons (Fsp3) is 0.450. The van der Waals surface area contributed by atoms with Crippen LogP contribution in [0.4, 0.5) is 0 Å². The lowest BCUT2D eigenvalue weighted by Gasteiger charge is -2.28. The maximum Gasteiger partial charge on any atom is 0.270 e. The minimum atomic E-state index is -0.454. The lowest BCUT2D eigenvalue weighted by Crippen LogP contribution is -2.19. The van der Waals surface area contributed by atoms with Crippen LogP contribution in [0.1, 0.15) is 58.2 Å². The molecule has 0 saturated carbocycles. The molecule has 5 nitrogen and oxygen atoms in total. The van der Waals surface area contributed by atoms with Gasteiger partial charge in [0.2, 0.25) is 0 Å². The number of nitriles is 1. The van der Waals surface area contributed by atoms with Crippen molar-refractivity contribution in [3.63, 3.8) is 0 Å². The van der Waals surface area contributed by atoms with Crippen molar-refractivity contribution in [2.45, 2.75) is 57.5 Å². The average Bonchev–Trinajstić information content (AvgIpc) is 2.52. The Kier molecular flexibility index (Phi) is 5.25. The van der Waals surface area contributed by atoms with E-state index in [-0.39, 0.29) is 22.1 Å². The van der Waals surface area contributed by atoms with Crippen molar-refractivity contribution in [2.24, 2.45) is 0 Å². The van der Waals surface area contributed by atoms with Crippen molar-refractivity contribution in [1.82, 2.24) is 9.97 Å². The molecule has 0 aliphatic carbocycles. The van der Waals surface area contributed by atoms with Gasteiger partial charge in [0.05, 0.1) is 5.69 Å². The number of aromatic amines is 1. The first-order valence-corrected chi connectivity index (χ1v) is 9.59. The smallest absolute Gasteiger partial charge is 0.270 e. The fourth-order valence-electron chi connectivity index (χ4n) is 2.78. The van der Waals surface area contributed by atoms with Crippen molar-refractivity contribution >= 4 is 11.8 Å². The maximum absolute atomic E-state index is 12.3. The van der Waals surface area contributed by atoms with Crippen molar-refractivity contribution in [3.05, 3.63) is 39.2 Å². The van der Waals surface area contributed by atoms with Crippen LogP contribution in [-0.4, -0.2) is 21.3 Å². The van der Waals surface area contributed by atoms with E-state index in [1.165, 1.54) is 11.8 Å². The van der Waals surface area contributed by atoms with Crippen LogP contribution >= 0.6 is 11.8 Å². The Hall–Kier alpha value is -2.26. The van der Waals surface area contributed by atoms with Crippen LogP contribution in [0.25, 0.3) is 11.3 Å². The van der Waals surface area contributed by atoms with Crippen LogP contribution in [0.15, 0.2) is 22.1 Å². The largest absolute Gasteiger partial charge is 0.507 e.